The molecule has 4 heteroatoms. The molecule has 96 valence electrons. The van der Waals surface area contributed by atoms with Gasteiger partial charge in [0, 0.05) is 16.7 Å². The van der Waals surface area contributed by atoms with E-state index in [0.717, 1.165) is 6.42 Å². The van der Waals surface area contributed by atoms with Crippen molar-refractivity contribution >= 4 is 11.8 Å². The first-order valence-corrected chi connectivity index (χ1v) is 6.89. The Bertz CT molecular complexity index is 329. The summed E-state index contributed by atoms with van der Waals surface area (Å²) in [5, 5.41) is 21.5. The van der Waals surface area contributed by atoms with Gasteiger partial charge in [-0.1, -0.05) is 25.1 Å². The van der Waals surface area contributed by atoms with Crippen LogP contribution in [0.4, 0.5) is 0 Å². The third-order valence-electron chi connectivity index (χ3n) is 2.69. The maximum absolute atomic E-state index is 9.38. The molecule has 3 N–H and O–H groups in total. The average molecular weight is 255 g/mol. The van der Waals surface area contributed by atoms with Crippen molar-refractivity contribution in [1.29, 1.82) is 0 Å². The van der Waals surface area contributed by atoms with Gasteiger partial charge in [0.2, 0.25) is 0 Å². The summed E-state index contributed by atoms with van der Waals surface area (Å²) >= 11 is 1.59. The molecule has 0 aliphatic heterocycles. The van der Waals surface area contributed by atoms with Crippen LogP contribution < -0.4 is 5.32 Å². The normalized spacial score (nSPS) is 14.6. The Balaban J connectivity index is 2.76. The van der Waals surface area contributed by atoms with Crippen LogP contribution >= 0.6 is 11.8 Å². The van der Waals surface area contributed by atoms with Crippen LogP contribution in [0, 0.1) is 0 Å². The maximum atomic E-state index is 9.38. The highest BCUT2D eigenvalue weighted by atomic mass is 32.2. The van der Waals surface area contributed by atoms with Crippen molar-refractivity contribution in [2.75, 3.05) is 19.4 Å². The van der Waals surface area contributed by atoms with Crippen LogP contribution in [0.1, 0.15) is 24.9 Å². The summed E-state index contributed by atoms with van der Waals surface area (Å²) < 4.78 is 0. The molecule has 0 radical (unpaired) electrons. The van der Waals surface area contributed by atoms with Crippen molar-refractivity contribution in [2.45, 2.75) is 30.4 Å². The summed E-state index contributed by atoms with van der Waals surface area (Å²) in [5.74, 6) is 0.521. The Morgan fingerprint density at radius 1 is 1.35 bits per heavy atom. The molecule has 0 bridgehead atoms. The molecular weight excluding hydrogens is 234 g/mol. The Morgan fingerprint density at radius 2 is 2.06 bits per heavy atom. The van der Waals surface area contributed by atoms with E-state index in [-0.39, 0.29) is 6.61 Å². The first kappa shape index (κ1) is 14.5. The summed E-state index contributed by atoms with van der Waals surface area (Å²) in [6.07, 6.45) is 0.374. The van der Waals surface area contributed by atoms with Crippen LogP contribution in [0.15, 0.2) is 29.2 Å². The fraction of sp³-hybridized carbons (Fsp3) is 0.538. The van der Waals surface area contributed by atoms with Gasteiger partial charge >= 0.3 is 0 Å². The van der Waals surface area contributed by atoms with E-state index < -0.39 is 6.10 Å². The van der Waals surface area contributed by atoms with Gasteiger partial charge < -0.3 is 15.5 Å². The Morgan fingerprint density at radius 3 is 2.65 bits per heavy atom. The lowest BCUT2D eigenvalue weighted by Crippen LogP contribution is -2.17. The van der Waals surface area contributed by atoms with E-state index in [2.05, 4.69) is 24.4 Å². The van der Waals surface area contributed by atoms with Gasteiger partial charge in [0.05, 0.1) is 12.7 Å². The van der Waals surface area contributed by atoms with Gasteiger partial charge in [-0.25, -0.2) is 0 Å². The molecule has 0 saturated carbocycles. The minimum Gasteiger partial charge on any atom is -0.394 e. The van der Waals surface area contributed by atoms with Gasteiger partial charge in [-0.15, -0.1) is 11.8 Å². The van der Waals surface area contributed by atoms with Crippen molar-refractivity contribution in [1.82, 2.24) is 5.32 Å². The van der Waals surface area contributed by atoms with Crippen molar-refractivity contribution in [3.8, 4) is 0 Å². The van der Waals surface area contributed by atoms with Crippen molar-refractivity contribution in [2.24, 2.45) is 0 Å². The number of rotatable bonds is 7. The number of aliphatic hydroxyl groups excluding tert-OH is 2. The molecule has 0 aliphatic rings. The molecule has 1 rings (SSSR count). The SMILES string of the molecule is CCC(NC)c1ccccc1SCC(O)CO. The summed E-state index contributed by atoms with van der Waals surface area (Å²) in [6, 6.07) is 8.54. The monoisotopic (exact) mass is 255 g/mol. The number of hydrogen-bond donors (Lipinski definition) is 3. The second kappa shape index (κ2) is 7.71. The minimum atomic E-state index is -0.650. The summed E-state index contributed by atoms with van der Waals surface area (Å²) in [7, 11) is 1.96. The standard InChI is InChI=1S/C13H21NO2S/c1-3-12(14-2)11-6-4-5-7-13(11)17-9-10(16)8-15/h4-7,10,12,14-16H,3,8-9H2,1-2H3. The largest absolute Gasteiger partial charge is 0.394 e. The average Bonchev–Trinajstić information content (AvgIpc) is 2.38. The van der Waals surface area contributed by atoms with Gasteiger partial charge in [0.1, 0.15) is 0 Å². The summed E-state index contributed by atoms with van der Waals surface area (Å²) in [6.45, 7) is 1.96. The minimum absolute atomic E-state index is 0.182. The van der Waals surface area contributed by atoms with E-state index in [1.807, 2.05) is 19.2 Å². The summed E-state index contributed by atoms with van der Waals surface area (Å²) in [4.78, 5) is 1.17. The van der Waals surface area contributed by atoms with Crippen molar-refractivity contribution < 1.29 is 10.2 Å². The molecule has 0 saturated heterocycles. The van der Waals surface area contributed by atoms with Gasteiger partial charge in [0.25, 0.3) is 0 Å². The first-order valence-electron chi connectivity index (χ1n) is 5.90. The van der Waals surface area contributed by atoms with Crippen molar-refractivity contribution in [3.63, 3.8) is 0 Å². The second-order valence-corrected chi connectivity index (χ2v) is 5.00. The fourth-order valence-electron chi connectivity index (χ4n) is 1.72. The predicted octanol–water partition coefficient (Wildman–Crippen LogP) is 1.80. The van der Waals surface area contributed by atoms with Gasteiger partial charge in [0.15, 0.2) is 0 Å². The molecule has 0 heterocycles. The second-order valence-electron chi connectivity index (χ2n) is 3.93. The van der Waals surface area contributed by atoms with E-state index in [9.17, 15) is 5.11 Å². The number of nitrogens with one attached hydrogen (secondary N) is 1. The number of benzene rings is 1. The molecule has 1 aromatic carbocycles. The Labute approximate surface area is 107 Å². The predicted molar refractivity (Wildman–Crippen MR) is 72.4 cm³/mol. The molecule has 0 fully saturated rings. The lowest BCUT2D eigenvalue weighted by atomic mass is 10.1. The number of hydrogen-bond acceptors (Lipinski definition) is 4. The zero-order chi connectivity index (χ0) is 12.7. The van der Waals surface area contributed by atoms with Crippen LogP contribution in [0.25, 0.3) is 0 Å². The number of aliphatic hydroxyl groups is 2. The Kier molecular flexibility index (Phi) is 6.58. The molecule has 17 heavy (non-hydrogen) atoms. The first-order chi connectivity index (χ1) is 8.22. The van der Waals surface area contributed by atoms with E-state index in [1.54, 1.807) is 11.8 Å². The topological polar surface area (TPSA) is 52.5 Å². The van der Waals surface area contributed by atoms with Crippen LogP contribution in [-0.2, 0) is 0 Å². The van der Waals surface area contributed by atoms with E-state index >= 15 is 0 Å². The maximum Gasteiger partial charge on any atom is 0.0864 e. The third kappa shape index (κ3) is 4.32. The molecule has 2 atom stereocenters. The zero-order valence-corrected chi connectivity index (χ0v) is 11.2. The molecule has 0 aromatic heterocycles. The van der Waals surface area contributed by atoms with Gasteiger partial charge in [-0.3, -0.25) is 0 Å². The quantitative estimate of drug-likeness (QED) is 0.650. The lowest BCUT2D eigenvalue weighted by Gasteiger charge is -2.18. The van der Waals surface area contributed by atoms with Crippen molar-refractivity contribution in [3.05, 3.63) is 29.8 Å². The Hall–Kier alpha value is -0.550. The molecule has 0 amide bonds. The van der Waals surface area contributed by atoms with Gasteiger partial charge in [-0.05, 0) is 25.1 Å². The molecule has 2 unspecified atom stereocenters. The van der Waals surface area contributed by atoms with Crippen LogP contribution in [0.5, 0.6) is 0 Å². The lowest BCUT2D eigenvalue weighted by molar-refractivity contribution is 0.113. The molecular formula is C13H21NO2S. The summed E-state index contributed by atoms with van der Waals surface area (Å²) in [5.41, 5.74) is 1.26. The smallest absolute Gasteiger partial charge is 0.0864 e. The van der Waals surface area contributed by atoms with Crippen LogP contribution in [0.3, 0.4) is 0 Å². The molecule has 0 spiro atoms. The third-order valence-corrected chi connectivity index (χ3v) is 3.93. The highest BCUT2D eigenvalue weighted by molar-refractivity contribution is 7.99. The van der Waals surface area contributed by atoms with Gasteiger partial charge in [-0.2, -0.15) is 0 Å². The molecule has 1 aromatic rings. The fourth-order valence-corrected chi connectivity index (χ4v) is 2.75. The van der Waals surface area contributed by atoms with Crippen LogP contribution in [-0.4, -0.2) is 35.7 Å². The highest BCUT2D eigenvalue weighted by Gasteiger charge is 2.12. The van der Waals surface area contributed by atoms with E-state index in [4.69, 9.17) is 5.11 Å². The number of thioether (sulfide) groups is 1. The van der Waals surface area contributed by atoms with E-state index in [0.29, 0.717) is 11.8 Å². The van der Waals surface area contributed by atoms with E-state index in [1.165, 1.54) is 10.5 Å². The molecule has 0 aliphatic carbocycles. The highest BCUT2D eigenvalue weighted by Crippen LogP contribution is 2.29. The molecule has 3 nitrogen and oxygen atoms in total. The zero-order valence-electron chi connectivity index (χ0n) is 10.4. The van der Waals surface area contributed by atoms with Crippen LogP contribution in [0.2, 0.25) is 0 Å².